The highest BCUT2D eigenvalue weighted by Gasteiger charge is 2.27. The van der Waals surface area contributed by atoms with Crippen LogP contribution in [0.3, 0.4) is 0 Å². The van der Waals surface area contributed by atoms with Crippen LogP contribution in [0.15, 0.2) is 0 Å². The van der Waals surface area contributed by atoms with Gasteiger partial charge in [0, 0.05) is 18.9 Å². The van der Waals surface area contributed by atoms with E-state index in [2.05, 4.69) is 25.7 Å². The molecule has 0 saturated heterocycles. The molecular weight excluding hydrogens is 489 g/mol. The first kappa shape index (κ1) is 33.4. The van der Waals surface area contributed by atoms with Crippen molar-refractivity contribution in [2.75, 3.05) is 12.8 Å². The summed E-state index contributed by atoms with van der Waals surface area (Å²) in [6.07, 6.45) is 20.2. The molecule has 0 heterocycles. The number of carbonyl (C=O) groups is 3. The zero-order valence-electron chi connectivity index (χ0n) is 23.1. The minimum Gasteiger partial charge on any atom is -0.480 e. The lowest BCUT2D eigenvalue weighted by Gasteiger charge is -2.27. The predicted molar refractivity (Wildman–Crippen MR) is 157 cm³/mol. The Hall–Kier alpha value is -0.625. The molecule has 0 aromatic heterocycles. The monoisotopic (exact) mass is 540 g/mol. The Balaban J connectivity index is 2.43. The number of hydrogen-bond acceptors (Lipinski definition) is 5. The van der Waals surface area contributed by atoms with Gasteiger partial charge in [-0.2, -0.15) is 0 Å². The lowest BCUT2D eigenvalue weighted by molar-refractivity contribution is -0.138. The van der Waals surface area contributed by atoms with E-state index in [1.165, 1.54) is 87.6 Å². The fourth-order valence-corrected chi connectivity index (χ4v) is 6.58. The quantitative estimate of drug-likeness (QED) is 0.116. The van der Waals surface area contributed by atoms with Gasteiger partial charge in [0.05, 0.1) is 0 Å². The molecule has 1 radical (unpaired) electrons. The summed E-state index contributed by atoms with van der Waals surface area (Å²) in [6.45, 7) is 7.17. The summed E-state index contributed by atoms with van der Waals surface area (Å²) < 4.78 is 0. The summed E-state index contributed by atoms with van der Waals surface area (Å²) in [4.78, 5) is 36.3. The second-order valence-corrected chi connectivity index (χ2v) is 12.4. The number of amides is 1. The molecule has 1 atom stereocenters. The normalized spacial score (nSPS) is 18.7. The van der Waals surface area contributed by atoms with E-state index in [1.54, 1.807) is 0 Å². The Bertz CT molecular complexity index is 600. The standard InChI is InChI=1S/C28H51BNO4S2/c1-4-6-8-10-12-14-24(15-13-11-9-7-5-2)29-36-25(27(32)33)20-26(31)30-21-22-16-18-23(19-17-22)28(34)35-3/h22-25H,4-21H2,1-3H3,(H,30,31)(H,32,33). The SMILES string of the molecule is CCCCCCCC([B]SC(CC(=O)NCC1CCC(C(=O)SC)CC1)C(=O)O)CCCCCCC. The Morgan fingerprint density at radius 2 is 1.44 bits per heavy atom. The van der Waals surface area contributed by atoms with Crippen LogP contribution in [-0.2, 0) is 14.4 Å². The number of rotatable bonds is 21. The Morgan fingerprint density at radius 3 is 1.94 bits per heavy atom. The third-order valence-electron chi connectivity index (χ3n) is 7.41. The minimum atomic E-state index is -0.910. The number of carboxylic acid groups (broad SMARTS) is 1. The molecule has 5 nitrogen and oxygen atoms in total. The molecule has 0 aliphatic heterocycles. The van der Waals surface area contributed by atoms with Crippen molar-refractivity contribution in [1.29, 1.82) is 0 Å². The van der Waals surface area contributed by atoms with Crippen LogP contribution in [-0.4, -0.2) is 46.7 Å². The Labute approximate surface area is 230 Å². The van der Waals surface area contributed by atoms with E-state index in [0.717, 1.165) is 38.5 Å². The molecule has 1 aliphatic carbocycles. The van der Waals surface area contributed by atoms with E-state index in [9.17, 15) is 19.5 Å². The average molecular weight is 541 g/mol. The molecule has 2 N–H and O–H groups in total. The molecule has 0 spiro atoms. The van der Waals surface area contributed by atoms with E-state index in [0.29, 0.717) is 18.3 Å². The smallest absolute Gasteiger partial charge is 0.316 e. The molecule has 1 unspecified atom stereocenters. The van der Waals surface area contributed by atoms with E-state index in [-0.39, 0.29) is 23.4 Å². The summed E-state index contributed by atoms with van der Waals surface area (Å²) in [5.41, 5.74) is 0. The number of aliphatic carboxylic acids is 1. The van der Waals surface area contributed by atoms with Gasteiger partial charge in [0.2, 0.25) is 5.91 Å². The maximum Gasteiger partial charge on any atom is 0.316 e. The van der Waals surface area contributed by atoms with Crippen molar-refractivity contribution in [1.82, 2.24) is 5.32 Å². The van der Waals surface area contributed by atoms with Gasteiger partial charge in [-0.3, -0.25) is 14.4 Å². The fraction of sp³-hybridized carbons (Fsp3) is 0.893. The molecule has 0 aromatic rings. The molecule has 1 rings (SSSR count). The topological polar surface area (TPSA) is 83.5 Å². The highest BCUT2D eigenvalue weighted by Crippen LogP contribution is 2.31. The van der Waals surface area contributed by atoms with Crippen LogP contribution in [0.2, 0.25) is 5.82 Å². The molecule has 1 saturated carbocycles. The van der Waals surface area contributed by atoms with Crippen LogP contribution in [0.25, 0.3) is 0 Å². The summed E-state index contributed by atoms with van der Waals surface area (Å²) in [5, 5.41) is 12.3. The van der Waals surface area contributed by atoms with Crippen molar-refractivity contribution >= 4 is 46.9 Å². The molecule has 1 amide bonds. The van der Waals surface area contributed by atoms with Crippen LogP contribution in [0.5, 0.6) is 0 Å². The molecule has 1 aliphatic rings. The number of unbranched alkanes of at least 4 members (excludes halogenated alkanes) is 8. The van der Waals surface area contributed by atoms with Crippen LogP contribution >= 0.6 is 23.4 Å². The third-order valence-corrected chi connectivity index (χ3v) is 9.38. The molecule has 0 aromatic carbocycles. The van der Waals surface area contributed by atoms with Crippen LogP contribution < -0.4 is 5.32 Å². The molecular formula is C28H51BNO4S2. The van der Waals surface area contributed by atoms with Gasteiger partial charge in [0.25, 0.3) is 0 Å². The van der Waals surface area contributed by atoms with Gasteiger partial charge < -0.3 is 10.4 Å². The summed E-state index contributed by atoms with van der Waals surface area (Å²) in [5.74, 6) is -0.135. The van der Waals surface area contributed by atoms with Gasteiger partial charge in [-0.1, -0.05) is 108 Å². The first-order valence-electron chi connectivity index (χ1n) is 14.5. The first-order chi connectivity index (χ1) is 17.4. The van der Waals surface area contributed by atoms with E-state index in [1.807, 2.05) is 6.26 Å². The lowest BCUT2D eigenvalue weighted by Crippen LogP contribution is -2.35. The molecule has 207 valence electrons. The second-order valence-electron chi connectivity index (χ2n) is 10.5. The van der Waals surface area contributed by atoms with E-state index < -0.39 is 11.2 Å². The highest BCUT2D eigenvalue weighted by molar-refractivity contribution is 8.23. The number of carbonyl (C=O) groups excluding carboxylic acids is 2. The lowest BCUT2D eigenvalue weighted by atomic mass is 9.77. The summed E-state index contributed by atoms with van der Waals surface area (Å²) >= 11 is 2.66. The van der Waals surface area contributed by atoms with Gasteiger partial charge in [-0.05, 0) is 37.9 Å². The third kappa shape index (κ3) is 15.6. The van der Waals surface area contributed by atoms with Crippen molar-refractivity contribution < 1.29 is 19.5 Å². The summed E-state index contributed by atoms with van der Waals surface area (Å²) in [7, 11) is 0. The maximum atomic E-state index is 12.5. The largest absolute Gasteiger partial charge is 0.480 e. The van der Waals surface area contributed by atoms with Crippen LogP contribution in [0.4, 0.5) is 0 Å². The number of hydrogen-bond donors (Lipinski definition) is 2. The number of nitrogens with one attached hydrogen (secondary N) is 1. The molecule has 36 heavy (non-hydrogen) atoms. The molecule has 8 heteroatoms. The van der Waals surface area contributed by atoms with Crippen LogP contribution in [0.1, 0.15) is 123 Å². The van der Waals surface area contributed by atoms with Gasteiger partial charge in [-0.25, -0.2) is 11.6 Å². The van der Waals surface area contributed by atoms with Crippen LogP contribution in [0, 0.1) is 11.8 Å². The van der Waals surface area contributed by atoms with Crippen molar-refractivity contribution in [2.24, 2.45) is 11.8 Å². The van der Waals surface area contributed by atoms with E-state index >= 15 is 0 Å². The van der Waals surface area contributed by atoms with Gasteiger partial charge in [-0.15, -0.1) is 0 Å². The minimum absolute atomic E-state index is 0.0104. The maximum absolute atomic E-state index is 12.5. The summed E-state index contributed by atoms with van der Waals surface area (Å²) in [6, 6.07) is 0. The van der Waals surface area contributed by atoms with Gasteiger partial charge in [0.1, 0.15) is 5.25 Å². The Kier molecular flexibility index (Phi) is 19.8. The number of thioether (sulfide) groups is 1. The predicted octanol–water partition coefficient (Wildman–Crippen LogP) is 7.50. The highest BCUT2D eigenvalue weighted by atomic mass is 32.2. The fourth-order valence-electron chi connectivity index (χ4n) is 4.97. The first-order valence-corrected chi connectivity index (χ1v) is 16.6. The Morgan fingerprint density at radius 1 is 0.889 bits per heavy atom. The second kappa shape index (κ2) is 21.3. The van der Waals surface area contributed by atoms with Crippen molar-refractivity contribution in [3.63, 3.8) is 0 Å². The average Bonchev–Trinajstić information content (AvgIpc) is 2.88. The van der Waals surface area contributed by atoms with Gasteiger partial charge in [0.15, 0.2) is 11.7 Å². The molecule has 1 fully saturated rings. The molecule has 0 bridgehead atoms. The zero-order valence-corrected chi connectivity index (χ0v) is 24.7. The van der Waals surface area contributed by atoms with Gasteiger partial charge >= 0.3 is 5.97 Å². The van der Waals surface area contributed by atoms with Crippen molar-refractivity contribution in [3.8, 4) is 0 Å². The van der Waals surface area contributed by atoms with Crippen molar-refractivity contribution in [2.45, 2.75) is 134 Å². The zero-order chi connectivity index (χ0) is 26.6. The van der Waals surface area contributed by atoms with E-state index in [4.69, 9.17) is 0 Å². The number of carboxylic acids is 1. The van der Waals surface area contributed by atoms with Crippen molar-refractivity contribution in [3.05, 3.63) is 0 Å².